The molecule has 2 N–H and O–H groups in total. The van der Waals surface area contributed by atoms with Crippen molar-refractivity contribution in [1.82, 2.24) is 14.7 Å². The topological polar surface area (TPSA) is 47.1 Å². The minimum Gasteiger partial charge on any atom is -0.329 e. The first-order chi connectivity index (χ1) is 7.33. The molecule has 0 spiro atoms. The van der Waals surface area contributed by atoms with Gasteiger partial charge < -0.3 is 5.73 Å². The van der Waals surface area contributed by atoms with Crippen molar-refractivity contribution in [2.24, 2.45) is 5.73 Å². The lowest BCUT2D eigenvalue weighted by molar-refractivity contribution is 0.196. The SMILES string of the molecule is C[C@@H]([C@H]1CCCN1CCN)n1cccn1. The summed E-state index contributed by atoms with van der Waals surface area (Å²) in [6.07, 6.45) is 6.44. The van der Waals surface area contributed by atoms with E-state index in [0.29, 0.717) is 12.1 Å². The second-order valence-electron chi connectivity index (χ2n) is 4.26. The molecule has 15 heavy (non-hydrogen) atoms. The van der Waals surface area contributed by atoms with Gasteiger partial charge in [-0.1, -0.05) is 0 Å². The van der Waals surface area contributed by atoms with Crippen LogP contribution < -0.4 is 5.73 Å². The minimum absolute atomic E-state index is 0.453. The van der Waals surface area contributed by atoms with Crippen LogP contribution in [0, 0.1) is 0 Å². The Balaban J connectivity index is 2.03. The minimum atomic E-state index is 0.453. The molecule has 0 radical (unpaired) electrons. The van der Waals surface area contributed by atoms with Crippen LogP contribution in [-0.2, 0) is 0 Å². The van der Waals surface area contributed by atoms with E-state index in [1.54, 1.807) is 0 Å². The van der Waals surface area contributed by atoms with E-state index in [1.807, 2.05) is 18.5 Å². The number of aromatic nitrogens is 2. The maximum Gasteiger partial charge on any atom is 0.0646 e. The average molecular weight is 208 g/mol. The molecule has 4 nitrogen and oxygen atoms in total. The first kappa shape index (κ1) is 10.6. The third-order valence-electron chi connectivity index (χ3n) is 3.33. The number of hydrogen-bond donors (Lipinski definition) is 1. The molecule has 0 saturated carbocycles. The molecule has 1 fully saturated rings. The molecular formula is C11H20N4. The number of nitrogens with zero attached hydrogens (tertiary/aromatic N) is 3. The van der Waals surface area contributed by atoms with Gasteiger partial charge in [0.2, 0.25) is 0 Å². The summed E-state index contributed by atoms with van der Waals surface area (Å²) in [7, 11) is 0. The summed E-state index contributed by atoms with van der Waals surface area (Å²) in [4.78, 5) is 2.49. The van der Waals surface area contributed by atoms with Crippen molar-refractivity contribution >= 4 is 0 Å². The molecule has 4 heteroatoms. The highest BCUT2D eigenvalue weighted by Crippen LogP contribution is 2.25. The molecule has 84 valence electrons. The van der Waals surface area contributed by atoms with Crippen LogP contribution in [0.4, 0.5) is 0 Å². The van der Waals surface area contributed by atoms with E-state index < -0.39 is 0 Å². The molecule has 0 amide bonds. The molecule has 0 aromatic carbocycles. The van der Waals surface area contributed by atoms with Crippen LogP contribution >= 0.6 is 0 Å². The van der Waals surface area contributed by atoms with E-state index in [-0.39, 0.29) is 0 Å². The predicted octanol–water partition coefficient (Wildman–Crippen LogP) is 0.867. The van der Waals surface area contributed by atoms with Crippen LogP contribution in [0.25, 0.3) is 0 Å². The van der Waals surface area contributed by atoms with Crippen molar-refractivity contribution in [3.63, 3.8) is 0 Å². The highest BCUT2D eigenvalue weighted by molar-refractivity contribution is 4.89. The lowest BCUT2D eigenvalue weighted by atomic mass is 10.1. The molecule has 1 aliphatic rings. The molecular weight excluding hydrogens is 188 g/mol. The first-order valence-corrected chi connectivity index (χ1v) is 5.76. The molecule has 2 heterocycles. The number of likely N-dealkylation sites (tertiary alicyclic amines) is 1. The number of rotatable bonds is 4. The van der Waals surface area contributed by atoms with E-state index >= 15 is 0 Å². The summed E-state index contributed by atoms with van der Waals surface area (Å²) in [5, 5.41) is 4.31. The summed E-state index contributed by atoms with van der Waals surface area (Å²) in [5.41, 5.74) is 5.63. The smallest absolute Gasteiger partial charge is 0.0646 e. The molecule has 2 atom stereocenters. The monoisotopic (exact) mass is 208 g/mol. The highest BCUT2D eigenvalue weighted by Gasteiger charge is 2.29. The van der Waals surface area contributed by atoms with Gasteiger partial charge in [-0.15, -0.1) is 0 Å². The summed E-state index contributed by atoms with van der Waals surface area (Å²) in [5.74, 6) is 0. The summed E-state index contributed by atoms with van der Waals surface area (Å²) in [6, 6.07) is 3.04. The fraction of sp³-hybridized carbons (Fsp3) is 0.727. The van der Waals surface area contributed by atoms with Gasteiger partial charge in [-0.3, -0.25) is 9.58 Å². The van der Waals surface area contributed by atoms with Gasteiger partial charge in [0, 0.05) is 31.5 Å². The Kier molecular flexibility index (Phi) is 3.38. The van der Waals surface area contributed by atoms with Crippen molar-refractivity contribution in [2.45, 2.75) is 31.8 Å². The zero-order chi connectivity index (χ0) is 10.7. The van der Waals surface area contributed by atoms with Gasteiger partial charge in [0.15, 0.2) is 0 Å². The van der Waals surface area contributed by atoms with E-state index in [0.717, 1.165) is 13.1 Å². The molecule has 0 bridgehead atoms. The second-order valence-corrected chi connectivity index (χ2v) is 4.26. The molecule has 1 aromatic heterocycles. The normalized spacial score (nSPS) is 24.5. The van der Waals surface area contributed by atoms with Gasteiger partial charge in [-0.2, -0.15) is 5.10 Å². The molecule has 1 aliphatic heterocycles. The van der Waals surface area contributed by atoms with Gasteiger partial charge in [-0.25, -0.2) is 0 Å². The molecule has 0 aliphatic carbocycles. The number of nitrogens with two attached hydrogens (primary N) is 1. The van der Waals surface area contributed by atoms with Crippen LogP contribution in [0.2, 0.25) is 0 Å². The third-order valence-corrected chi connectivity index (χ3v) is 3.33. The zero-order valence-corrected chi connectivity index (χ0v) is 9.34. The van der Waals surface area contributed by atoms with Gasteiger partial charge in [0.25, 0.3) is 0 Å². The Morgan fingerprint density at radius 1 is 1.60 bits per heavy atom. The van der Waals surface area contributed by atoms with E-state index in [9.17, 15) is 0 Å². The summed E-state index contributed by atoms with van der Waals surface area (Å²) in [6.45, 7) is 5.19. The lowest BCUT2D eigenvalue weighted by Gasteiger charge is -2.29. The Labute approximate surface area is 91.1 Å². The zero-order valence-electron chi connectivity index (χ0n) is 9.34. The predicted molar refractivity (Wildman–Crippen MR) is 60.6 cm³/mol. The Hall–Kier alpha value is -0.870. The quantitative estimate of drug-likeness (QED) is 0.798. The lowest BCUT2D eigenvalue weighted by Crippen LogP contribution is -2.38. The first-order valence-electron chi connectivity index (χ1n) is 5.76. The largest absolute Gasteiger partial charge is 0.329 e. The van der Waals surface area contributed by atoms with E-state index in [4.69, 9.17) is 5.73 Å². The third kappa shape index (κ3) is 2.21. The van der Waals surface area contributed by atoms with Gasteiger partial charge in [0.05, 0.1) is 6.04 Å². The highest BCUT2D eigenvalue weighted by atomic mass is 15.3. The maximum absolute atomic E-state index is 5.63. The fourth-order valence-corrected chi connectivity index (χ4v) is 2.54. The summed E-state index contributed by atoms with van der Waals surface area (Å²) < 4.78 is 2.06. The Bertz CT molecular complexity index is 283. The van der Waals surface area contributed by atoms with Gasteiger partial charge in [0.1, 0.15) is 0 Å². The molecule has 2 rings (SSSR count). The second kappa shape index (κ2) is 4.77. The van der Waals surface area contributed by atoms with E-state index in [2.05, 4.69) is 21.6 Å². The van der Waals surface area contributed by atoms with Crippen molar-refractivity contribution in [2.75, 3.05) is 19.6 Å². The fourth-order valence-electron chi connectivity index (χ4n) is 2.54. The van der Waals surface area contributed by atoms with Crippen LogP contribution in [-0.4, -0.2) is 40.4 Å². The van der Waals surface area contributed by atoms with Crippen molar-refractivity contribution in [1.29, 1.82) is 0 Å². The Morgan fingerprint density at radius 2 is 2.47 bits per heavy atom. The van der Waals surface area contributed by atoms with Crippen molar-refractivity contribution < 1.29 is 0 Å². The standard InChI is InChI=1S/C11H20N4/c1-10(15-8-3-6-13-15)11-4-2-7-14(11)9-5-12/h3,6,8,10-11H,2,4-5,7,9,12H2,1H3/t10-,11+/m0/s1. The van der Waals surface area contributed by atoms with Crippen LogP contribution in [0.1, 0.15) is 25.8 Å². The average Bonchev–Trinajstić information content (AvgIpc) is 2.87. The van der Waals surface area contributed by atoms with Crippen molar-refractivity contribution in [3.8, 4) is 0 Å². The van der Waals surface area contributed by atoms with Crippen LogP contribution in [0.15, 0.2) is 18.5 Å². The maximum atomic E-state index is 5.63. The van der Waals surface area contributed by atoms with Gasteiger partial charge in [-0.05, 0) is 32.4 Å². The van der Waals surface area contributed by atoms with Crippen molar-refractivity contribution in [3.05, 3.63) is 18.5 Å². The molecule has 0 unspecified atom stereocenters. The molecule has 1 saturated heterocycles. The Morgan fingerprint density at radius 3 is 3.13 bits per heavy atom. The van der Waals surface area contributed by atoms with Crippen LogP contribution in [0.3, 0.4) is 0 Å². The van der Waals surface area contributed by atoms with Crippen LogP contribution in [0.5, 0.6) is 0 Å². The number of hydrogen-bond acceptors (Lipinski definition) is 3. The van der Waals surface area contributed by atoms with E-state index in [1.165, 1.54) is 19.4 Å². The summed E-state index contributed by atoms with van der Waals surface area (Å²) >= 11 is 0. The molecule has 1 aromatic rings. The van der Waals surface area contributed by atoms with Gasteiger partial charge >= 0.3 is 0 Å².